The molecule has 0 aliphatic heterocycles. The minimum Gasteiger partial charge on any atom is -0.400 e. The summed E-state index contributed by atoms with van der Waals surface area (Å²) in [5.41, 5.74) is 1.07. The second kappa shape index (κ2) is 12.8. The van der Waals surface area contributed by atoms with Gasteiger partial charge in [-0.1, -0.05) is 6.07 Å². The molecule has 1 aromatic carbocycles. The normalized spacial score (nSPS) is 6.00. The minimum absolute atomic E-state index is 0. The van der Waals surface area contributed by atoms with Crippen LogP contribution in [-0.2, 0) is 0 Å². The first-order valence-corrected chi connectivity index (χ1v) is 2.71. The van der Waals surface area contributed by atoms with Crippen LogP contribution < -0.4 is 0 Å². The molecule has 1 aromatic rings. The van der Waals surface area contributed by atoms with Crippen LogP contribution in [0.4, 0.5) is 0 Å². The molecular weight excluding hydrogens is 172 g/mol. The maximum atomic E-state index is 7.00. The number of aliphatic hydroxyl groups is 1. The van der Waals surface area contributed by atoms with E-state index in [1.165, 1.54) is 0 Å². The van der Waals surface area contributed by atoms with E-state index in [0.717, 1.165) is 12.7 Å². The fourth-order valence-electron chi connectivity index (χ4n) is 0.478. The SMILES string of the molecule is CO.Cl.[CH2-]c1ccccc1.[Mg+2]. The molecule has 0 aliphatic carbocycles. The molecule has 1 nitrogen and oxygen atoms in total. The summed E-state index contributed by atoms with van der Waals surface area (Å²) < 4.78 is 0. The summed E-state index contributed by atoms with van der Waals surface area (Å²) in [5.74, 6) is 0. The van der Waals surface area contributed by atoms with Crippen LogP contribution >= 0.6 is 12.4 Å². The average Bonchev–Trinajstić information content (AvgIpc) is 1.94. The minimum atomic E-state index is 0. The molecule has 1 N–H and O–H groups in total. The van der Waals surface area contributed by atoms with Gasteiger partial charge in [0, 0.05) is 7.11 Å². The Kier molecular flexibility index (Phi) is 20.0. The van der Waals surface area contributed by atoms with Crippen molar-refractivity contribution in [3.05, 3.63) is 42.8 Å². The van der Waals surface area contributed by atoms with Crippen LogP contribution in [0.25, 0.3) is 0 Å². The van der Waals surface area contributed by atoms with Gasteiger partial charge in [0.2, 0.25) is 0 Å². The summed E-state index contributed by atoms with van der Waals surface area (Å²) in [4.78, 5) is 0. The number of hydrogen-bond donors (Lipinski definition) is 1. The van der Waals surface area contributed by atoms with E-state index in [2.05, 4.69) is 6.92 Å². The number of halogens is 1. The summed E-state index contributed by atoms with van der Waals surface area (Å²) in [7, 11) is 1.00. The Morgan fingerprint density at radius 1 is 1.09 bits per heavy atom. The molecule has 0 aromatic heterocycles. The second-order valence-corrected chi connectivity index (χ2v) is 1.49. The average molecular weight is 184 g/mol. The van der Waals surface area contributed by atoms with Crippen molar-refractivity contribution in [3.8, 4) is 0 Å². The molecule has 0 radical (unpaired) electrons. The van der Waals surface area contributed by atoms with E-state index in [4.69, 9.17) is 5.11 Å². The summed E-state index contributed by atoms with van der Waals surface area (Å²) in [6, 6.07) is 9.87. The van der Waals surface area contributed by atoms with Crippen molar-refractivity contribution < 1.29 is 5.11 Å². The maximum absolute atomic E-state index is 7.00. The van der Waals surface area contributed by atoms with Gasteiger partial charge in [0.05, 0.1) is 0 Å². The Labute approximate surface area is 90.4 Å². The molecule has 0 atom stereocenters. The van der Waals surface area contributed by atoms with Crippen LogP contribution in [0.2, 0.25) is 0 Å². The quantitative estimate of drug-likeness (QED) is 0.478. The molecule has 0 bridgehead atoms. The maximum Gasteiger partial charge on any atom is 2.00 e. The Hall–Kier alpha value is 0.106. The van der Waals surface area contributed by atoms with E-state index in [1.807, 2.05) is 30.3 Å². The van der Waals surface area contributed by atoms with Crippen molar-refractivity contribution in [1.82, 2.24) is 0 Å². The Balaban J connectivity index is -0.000000149. The predicted molar refractivity (Wildman–Crippen MR) is 52.0 cm³/mol. The van der Waals surface area contributed by atoms with Crippen LogP contribution in [0.3, 0.4) is 0 Å². The van der Waals surface area contributed by atoms with E-state index >= 15 is 0 Å². The van der Waals surface area contributed by atoms with Gasteiger partial charge >= 0.3 is 23.1 Å². The molecule has 0 heterocycles. The molecular formula is C8H12ClMgO+. The standard InChI is InChI=1S/C7H7.CH4O.ClH.Mg/c1-7-5-3-2-4-6-7;1-2;;/h2-6H,1H2;2H,1H3;1H;/q-1;;;+2. The molecule has 58 valence electrons. The number of rotatable bonds is 0. The van der Waals surface area contributed by atoms with Crippen molar-refractivity contribution in [2.75, 3.05) is 7.11 Å². The van der Waals surface area contributed by atoms with Crippen molar-refractivity contribution in [3.63, 3.8) is 0 Å². The molecule has 0 amide bonds. The summed E-state index contributed by atoms with van der Waals surface area (Å²) in [6.07, 6.45) is 0. The molecule has 0 spiro atoms. The zero-order valence-corrected chi connectivity index (χ0v) is 8.89. The van der Waals surface area contributed by atoms with E-state index in [-0.39, 0.29) is 35.5 Å². The van der Waals surface area contributed by atoms with E-state index in [1.54, 1.807) is 0 Å². The topological polar surface area (TPSA) is 20.2 Å². The molecule has 11 heavy (non-hydrogen) atoms. The van der Waals surface area contributed by atoms with Crippen molar-refractivity contribution in [2.24, 2.45) is 0 Å². The second-order valence-electron chi connectivity index (χ2n) is 1.49. The zero-order valence-electron chi connectivity index (χ0n) is 6.66. The smallest absolute Gasteiger partial charge is 0.400 e. The van der Waals surface area contributed by atoms with E-state index in [9.17, 15) is 0 Å². The molecule has 0 saturated heterocycles. The van der Waals surface area contributed by atoms with Gasteiger partial charge < -0.3 is 5.11 Å². The fraction of sp³-hybridized carbons (Fsp3) is 0.125. The Morgan fingerprint density at radius 3 is 1.64 bits per heavy atom. The first kappa shape index (κ1) is 17.3. The predicted octanol–water partition coefficient (Wildman–Crippen LogP) is 1.52. The number of aliphatic hydroxyl groups excluding tert-OH is 1. The fourth-order valence-corrected chi connectivity index (χ4v) is 0.478. The van der Waals surface area contributed by atoms with E-state index < -0.39 is 0 Å². The largest absolute Gasteiger partial charge is 2.00 e. The van der Waals surface area contributed by atoms with Gasteiger partial charge in [-0.05, 0) is 0 Å². The summed E-state index contributed by atoms with van der Waals surface area (Å²) in [5, 5.41) is 7.00. The van der Waals surface area contributed by atoms with Crippen molar-refractivity contribution >= 4 is 35.5 Å². The molecule has 0 fully saturated rings. The molecule has 3 heteroatoms. The first-order valence-electron chi connectivity index (χ1n) is 2.71. The number of benzene rings is 1. The Morgan fingerprint density at radius 2 is 1.45 bits per heavy atom. The van der Waals surface area contributed by atoms with Crippen LogP contribution in [-0.4, -0.2) is 35.3 Å². The van der Waals surface area contributed by atoms with Crippen molar-refractivity contribution in [2.45, 2.75) is 0 Å². The van der Waals surface area contributed by atoms with Crippen LogP contribution in [0.15, 0.2) is 30.3 Å². The van der Waals surface area contributed by atoms with Gasteiger partial charge in [-0.25, -0.2) is 0 Å². The third-order valence-electron chi connectivity index (χ3n) is 0.843. The van der Waals surface area contributed by atoms with Crippen LogP contribution in [0.5, 0.6) is 0 Å². The Bertz CT molecular complexity index is 144. The summed E-state index contributed by atoms with van der Waals surface area (Å²) >= 11 is 0. The van der Waals surface area contributed by atoms with Gasteiger partial charge in [-0.15, -0.1) is 24.5 Å². The number of hydrogen-bond acceptors (Lipinski definition) is 1. The van der Waals surface area contributed by atoms with Gasteiger partial charge in [0.15, 0.2) is 0 Å². The van der Waals surface area contributed by atoms with Gasteiger partial charge in [0.25, 0.3) is 0 Å². The third kappa shape index (κ3) is 10.1. The molecule has 0 unspecified atom stereocenters. The zero-order chi connectivity index (χ0) is 7.11. The van der Waals surface area contributed by atoms with Crippen LogP contribution in [0.1, 0.15) is 5.56 Å². The third-order valence-corrected chi connectivity index (χ3v) is 0.843. The van der Waals surface area contributed by atoms with E-state index in [0.29, 0.717) is 0 Å². The van der Waals surface area contributed by atoms with Gasteiger partial charge in [-0.2, -0.15) is 24.6 Å². The van der Waals surface area contributed by atoms with Gasteiger partial charge in [-0.3, -0.25) is 0 Å². The summed E-state index contributed by atoms with van der Waals surface area (Å²) in [6.45, 7) is 3.72. The molecule has 0 aliphatic rings. The molecule has 1 rings (SSSR count). The first-order chi connectivity index (χ1) is 4.39. The molecule has 0 saturated carbocycles. The van der Waals surface area contributed by atoms with Crippen molar-refractivity contribution in [1.29, 1.82) is 0 Å². The van der Waals surface area contributed by atoms with Gasteiger partial charge in [0.1, 0.15) is 0 Å². The monoisotopic (exact) mass is 183 g/mol. The van der Waals surface area contributed by atoms with Crippen LogP contribution in [0, 0.1) is 6.92 Å².